The largest absolute Gasteiger partial charge is 1.00 e. The summed E-state index contributed by atoms with van der Waals surface area (Å²) in [6, 6.07) is 12.7. The molecule has 1 fully saturated rings. The van der Waals surface area contributed by atoms with Crippen LogP contribution in [0.5, 0.6) is 5.75 Å². The van der Waals surface area contributed by atoms with Crippen LogP contribution in [-0.2, 0) is 10.0 Å². The summed E-state index contributed by atoms with van der Waals surface area (Å²) in [5, 5.41) is 13.7. The molecule has 0 spiro atoms. The number of hydrogen-bond acceptors (Lipinski definition) is 7. The van der Waals surface area contributed by atoms with Crippen LogP contribution < -0.4 is 39.4 Å². The van der Waals surface area contributed by atoms with E-state index in [9.17, 15) is 18.3 Å². The number of sulfonamides is 1. The molecule has 0 saturated carbocycles. The quantitative estimate of drug-likeness (QED) is 0.334. The van der Waals surface area contributed by atoms with Gasteiger partial charge < -0.3 is 19.1 Å². The Balaban J connectivity index is 0.00000336. The third-order valence-electron chi connectivity index (χ3n) is 7.36. The van der Waals surface area contributed by atoms with Crippen LogP contribution in [0.4, 0.5) is 0 Å². The van der Waals surface area contributed by atoms with Gasteiger partial charge in [-0.25, -0.2) is 17.7 Å². The number of rotatable bonds is 6. The minimum Gasteiger partial charge on any atom is -0.545 e. The summed E-state index contributed by atoms with van der Waals surface area (Å²) in [6.07, 6.45) is 2.30. The van der Waals surface area contributed by atoms with Gasteiger partial charge in [-0.1, -0.05) is 24.3 Å². The molecule has 2 aromatic carbocycles. The number of hydrogen-bond donors (Lipinski definition) is 0. The number of para-hydroxylation sites is 1. The Bertz CT molecular complexity index is 1620. The van der Waals surface area contributed by atoms with Gasteiger partial charge in [-0.2, -0.15) is 0 Å². The summed E-state index contributed by atoms with van der Waals surface area (Å²) in [7, 11) is -3.22. The van der Waals surface area contributed by atoms with Crippen molar-refractivity contribution in [3.05, 3.63) is 59.2 Å². The van der Waals surface area contributed by atoms with Crippen molar-refractivity contribution in [2.75, 3.05) is 19.3 Å². The number of piperidine rings is 1. The number of aromatic carboxylic acids is 1. The molecule has 1 saturated heterocycles. The molecular weight excluding hydrogens is 515 g/mol. The summed E-state index contributed by atoms with van der Waals surface area (Å²) in [5.74, 6) is -0.265. The van der Waals surface area contributed by atoms with Crippen LogP contribution in [-0.4, -0.2) is 49.1 Å². The number of fused-ring (bicyclic) bond motifs is 2. The van der Waals surface area contributed by atoms with Crippen LogP contribution in [0.25, 0.3) is 33.3 Å². The first-order valence-corrected chi connectivity index (χ1v) is 14.2. The second kappa shape index (κ2) is 11.0. The zero-order valence-corrected chi connectivity index (χ0v) is 25.1. The number of carbonyl (C=O) groups excluding carboxylic acids is 1. The molecule has 8 nitrogen and oxygen atoms in total. The molecule has 4 aromatic rings. The molecule has 0 radical (unpaired) electrons. The van der Waals surface area contributed by atoms with Crippen LogP contribution in [0.2, 0.25) is 0 Å². The number of ether oxygens (including phenoxy) is 1. The maximum atomic E-state index is 12.3. The van der Waals surface area contributed by atoms with Crippen molar-refractivity contribution in [1.82, 2.24) is 9.29 Å². The van der Waals surface area contributed by atoms with Gasteiger partial charge in [0.05, 0.1) is 29.2 Å². The Kier molecular flexibility index (Phi) is 8.26. The molecule has 0 N–H and O–H groups in total. The van der Waals surface area contributed by atoms with E-state index in [1.807, 2.05) is 51.1 Å². The van der Waals surface area contributed by atoms with Gasteiger partial charge in [0.1, 0.15) is 17.0 Å². The maximum absolute atomic E-state index is 12.3. The van der Waals surface area contributed by atoms with Gasteiger partial charge in [-0.3, -0.25) is 0 Å². The minimum absolute atomic E-state index is 0. The predicted molar refractivity (Wildman–Crippen MR) is 140 cm³/mol. The molecule has 10 heteroatoms. The predicted octanol–water partition coefficient (Wildman–Crippen LogP) is 1.07. The number of carbonyl (C=O) groups is 1. The Hall–Kier alpha value is -2.43. The Morgan fingerprint density at radius 3 is 2.47 bits per heavy atom. The normalized spacial score (nSPS) is 15.9. The zero-order valence-electron chi connectivity index (χ0n) is 22.3. The third kappa shape index (κ3) is 5.35. The standard InChI is InChI=1S/C28H30N2O6S.Na/c1-16-9-10-24(35-18(3)19-11-13-30(14-12-19)37(4,33)34)25-21(28(31)32)15-22(29-26(16)25)27-17(2)20-7-5-6-8-23(20)36-27;/h5-10,15,18-19H,11-14H2,1-4H3,(H,31,32);/q;+1/p-1/t18-;/m1./s1. The Morgan fingerprint density at radius 2 is 1.84 bits per heavy atom. The first-order valence-electron chi connectivity index (χ1n) is 12.3. The van der Waals surface area contributed by atoms with E-state index in [1.165, 1.54) is 16.6 Å². The number of benzene rings is 2. The van der Waals surface area contributed by atoms with E-state index in [2.05, 4.69) is 0 Å². The number of aryl methyl sites for hydroxylation is 2. The summed E-state index contributed by atoms with van der Waals surface area (Å²) in [5.41, 5.74) is 3.30. The number of furan rings is 1. The van der Waals surface area contributed by atoms with Crippen molar-refractivity contribution >= 4 is 37.9 Å². The summed E-state index contributed by atoms with van der Waals surface area (Å²) in [4.78, 5) is 17.2. The van der Waals surface area contributed by atoms with E-state index in [1.54, 1.807) is 6.07 Å². The SMILES string of the molecule is Cc1c(-c2cc(C(=O)[O-])c3c(O[C@H](C)C4CCN(S(C)(=O)=O)CC4)ccc(C)c3n2)oc2ccccc12.[Na+]. The fourth-order valence-corrected chi connectivity index (χ4v) is 6.08. The van der Waals surface area contributed by atoms with E-state index in [0.717, 1.165) is 16.5 Å². The Morgan fingerprint density at radius 1 is 1.16 bits per heavy atom. The monoisotopic (exact) mass is 544 g/mol. The molecule has 0 amide bonds. The number of aromatic nitrogens is 1. The smallest absolute Gasteiger partial charge is 0.545 e. The first kappa shape index (κ1) is 28.6. The van der Waals surface area contributed by atoms with Gasteiger partial charge in [-0.15, -0.1) is 0 Å². The van der Waals surface area contributed by atoms with Gasteiger partial charge in [0.25, 0.3) is 0 Å². The number of carboxylic acids is 1. The van der Waals surface area contributed by atoms with Crippen molar-refractivity contribution in [2.45, 2.75) is 39.7 Å². The van der Waals surface area contributed by atoms with Crippen molar-refractivity contribution in [3.8, 4) is 17.2 Å². The van der Waals surface area contributed by atoms with Crippen LogP contribution in [0.3, 0.4) is 0 Å². The topological polar surface area (TPSA) is 113 Å². The second-order valence-corrected chi connectivity index (χ2v) is 11.8. The number of nitrogens with zero attached hydrogens (tertiary/aromatic N) is 2. The van der Waals surface area contributed by atoms with Crippen LogP contribution in [0, 0.1) is 19.8 Å². The van der Waals surface area contributed by atoms with Crippen LogP contribution in [0.1, 0.15) is 41.3 Å². The maximum Gasteiger partial charge on any atom is 1.00 e. The zero-order chi connectivity index (χ0) is 26.5. The summed E-state index contributed by atoms with van der Waals surface area (Å²) >= 11 is 0. The van der Waals surface area contributed by atoms with Crippen molar-refractivity contribution in [3.63, 3.8) is 0 Å². The average Bonchev–Trinajstić information content (AvgIpc) is 3.21. The number of carboxylic acid groups (broad SMARTS) is 1. The molecule has 0 unspecified atom stereocenters. The summed E-state index contributed by atoms with van der Waals surface area (Å²) in [6.45, 7) is 6.62. The van der Waals surface area contributed by atoms with Gasteiger partial charge in [0, 0.05) is 29.6 Å². The average molecular weight is 545 g/mol. The number of pyridine rings is 1. The van der Waals surface area contributed by atoms with E-state index in [0.29, 0.717) is 59.6 Å². The molecule has 2 aromatic heterocycles. The fourth-order valence-electron chi connectivity index (χ4n) is 5.21. The van der Waals surface area contributed by atoms with E-state index < -0.39 is 16.0 Å². The van der Waals surface area contributed by atoms with E-state index >= 15 is 0 Å². The second-order valence-electron chi connectivity index (χ2n) is 9.82. The van der Waals surface area contributed by atoms with Crippen LogP contribution >= 0.6 is 0 Å². The van der Waals surface area contributed by atoms with Crippen molar-refractivity contribution < 1.29 is 57.0 Å². The molecule has 3 heterocycles. The van der Waals surface area contributed by atoms with Gasteiger partial charge in [0.15, 0.2) is 5.76 Å². The van der Waals surface area contributed by atoms with Gasteiger partial charge in [-0.05, 0) is 63.3 Å². The molecular formula is C28H29N2NaO6S. The molecule has 5 rings (SSSR count). The molecule has 1 aliphatic rings. The first-order chi connectivity index (χ1) is 17.5. The van der Waals surface area contributed by atoms with Crippen molar-refractivity contribution in [1.29, 1.82) is 0 Å². The fraction of sp³-hybridized carbons (Fsp3) is 0.357. The van der Waals surface area contributed by atoms with Gasteiger partial charge in [0.2, 0.25) is 10.0 Å². The molecule has 0 aliphatic carbocycles. The molecule has 38 heavy (non-hydrogen) atoms. The molecule has 194 valence electrons. The van der Waals surface area contributed by atoms with Crippen molar-refractivity contribution in [2.24, 2.45) is 5.92 Å². The van der Waals surface area contributed by atoms with E-state index in [4.69, 9.17) is 14.1 Å². The minimum atomic E-state index is -3.22. The molecule has 1 aliphatic heterocycles. The molecule has 1 atom stereocenters. The Labute approximate surface area is 244 Å². The third-order valence-corrected chi connectivity index (χ3v) is 8.67. The van der Waals surface area contributed by atoms with E-state index in [-0.39, 0.29) is 47.1 Å². The van der Waals surface area contributed by atoms with Gasteiger partial charge >= 0.3 is 29.6 Å². The summed E-state index contributed by atoms with van der Waals surface area (Å²) < 4.78 is 37.6. The van der Waals surface area contributed by atoms with Crippen LogP contribution in [0.15, 0.2) is 46.9 Å². The molecule has 0 bridgehead atoms.